The first-order chi connectivity index (χ1) is 14.5. The summed E-state index contributed by atoms with van der Waals surface area (Å²) in [5.41, 5.74) is 2.68. The molecule has 1 saturated heterocycles. The maximum atomic E-state index is 12.8. The van der Waals surface area contributed by atoms with Crippen molar-refractivity contribution in [3.63, 3.8) is 0 Å². The number of allylic oxidation sites excluding steroid dienone is 1. The molecule has 1 aliphatic rings. The second-order valence-corrected chi connectivity index (χ2v) is 8.13. The first-order valence-electron chi connectivity index (χ1n) is 10.6. The smallest absolute Gasteiger partial charge is 0.322 e. The zero-order valence-corrected chi connectivity index (χ0v) is 19.2. The standard InChI is InChI=1S/C21H36N4O6/c1-7-9-16(31-6)13(4)18(26)23-17(12(2)3)19(27)22-14(5)20(28)25-11-8-10-15(24-25)21(29)30/h7,9,12-17,24H,8,10-11H2,1-6H3,(H,22,27)(H,23,26)(H,29,30). The third-order valence-electron chi connectivity index (χ3n) is 5.29. The Hall–Kier alpha value is -2.46. The molecule has 5 unspecified atom stereocenters. The molecule has 31 heavy (non-hydrogen) atoms. The molecule has 0 aromatic heterocycles. The highest BCUT2D eigenvalue weighted by molar-refractivity contribution is 5.92. The third kappa shape index (κ3) is 7.62. The van der Waals surface area contributed by atoms with Gasteiger partial charge in [-0.3, -0.25) is 24.2 Å². The molecule has 0 saturated carbocycles. The number of nitrogens with zero attached hydrogens (tertiary/aromatic N) is 1. The summed E-state index contributed by atoms with van der Waals surface area (Å²) in [6, 6.07) is -2.57. The van der Waals surface area contributed by atoms with Crippen molar-refractivity contribution in [2.24, 2.45) is 11.8 Å². The van der Waals surface area contributed by atoms with E-state index in [0.29, 0.717) is 19.4 Å². The lowest BCUT2D eigenvalue weighted by atomic mass is 9.99. The Balaban J connectivity index is 2.77. The molecule has 10 nitrogen and oxygen atoms in total. The Morgan fingerprint density at radius 3 is 2.29 bits per heavy atom. The van der Waals surface area contributed by atoms with Gasteiger partial charge in [0.25, 0.3) is 5.91 Å². The molecule has 1 fully saturated rings. The number of carboxylic acids is 1. The molecule has 1 aliphatic heterocycles. The number of aliphatic carboxylic acids is 1. The van der Waals surface area contributed by atoms with Crippen LogP contribution in [0.1, 0.15) is 47.5 Å². The van der Waals surface area contributed by atoms with Crippen LogP contribution in [0.25, 0.3) is 0 Å². The lowest BCUT2D eigenvalue weighted by Gasteiger charge is -2.34. The lowest BCUT2D eigenvalue weighted by Crippen LogP contribution is -2.61. The summed E-state index contributed by atoms with van der Waals surface area (Å²) in [6.45, 7) is 9.02. The molecule has 10 heteroatoms. The highest BCUT2D eigenvalue weighted by atomic mass is 16.5. The van der Waals surface area contributed by atoms with E-state index >= 15 is 0 Å². The SMILES string of the molecule is CC=CC(OC)C(C)C(=O)NC(C(=O)NC(C)C(=O)N1CCCC(C(=O)O)N1)C(C)C. The number of hydrogen-bond donors (Lipinski definition) is 4. The zero-order chi connectivity index (χ0) is 23.7. The molecule has 0 bridgehead atoms. The van der Waals surface area contributed by atoms with E-state index in [9.17, 15) is 19.2 Å². The molecule has 0 aromatic rings. The molecule has 0 aliphatic carbocycles. The maximum absolute atomic E-state index is 12.8. The van der Waals surface area contributed by atoms with Gasteiger partial charge in [0.1, 0.15) is 18.1 Å². The van der Waals surface area contributed by atoms with E-state index in [1.165, 1.54) is 19.0 Å². The summed E-state index contributed by atoms with van der Waals surface area (Å²) in [5.74, 6) is -3.01. The van der Waals surface area contributed by atoms with Gasteiger partial charge < -0.3 is 20.5 Å². The van der Waals surface area contributed by atoms with Gasteiger partial charge in [0.2, 0.25) is 11.8 Å². The molecule has 0 spiro atoms. The highest BCUT2D eigenvalue weighted by Gasteiger charge is 2.33. The Bertz CT molecular complexity index is 681. The minimum absolute atomic E-state index is 0.217. The molecule has 176 valence electrons. The number of ether oxygens (including phenoxy) is 1. The number of hydrazine groups is 1. The minimum Gasteiger partial charge on any atom is -0.480 e. The Kier molecular flexibility index (Phi) is 10.6. The van der Waals surface area contributed by atoms with Crippen LogP contribution in [0.4, 0.5) is 0 Å². The normalized spacial score (nSPS) is 20.7. The third-order valence-corrected chi connectivity index (χ3v) is 5.29. The average molecular weight is 441 g/mol. The van der Waals surface area contributed by atoms with Crippen LogP contribution in [0.3, 0.4) is 0 Å². The van der Waals surface area contributed by atoms with Crippen LogP contribution >= 0.6 is 0 Å². The van der Waals surface area contributed by atoms with Crippen molar-refractivity contribution in [1.29, 1.82) is 0 Å². The first-order valence-corrected chi connectivity index (χ1v) is 10.6. The van der Waals surface area contributed by atoms with Crippen LogP contribution in [-0.4, -0.2) is 71.7 Å². The quantitative estimate of drug-likeness (QED) is 0.362. The topological polar surface area (TPSA) is 137 Å². The summed E-state index contributed by atoms with van der Waals surface area (Å²) in [4.78, 5) is 49.3. The molecular weight excluding hydrogens is 404 g/mol. The van der Waals surface area contributed by atoms with Gasteiger partial charge in [-0.05, 0) is 32.6 Å². The van der Waals surface area contributed by atoms with E-state index in [4.69, 9.17) is 9.84 Å². The van der Waals surface area contributed by atoms with Gasteiger partial charge >= 0.3 is 5.97 Å². The van der Waals surface area contributed by atoms with Gasteiger partial charge in [-0.1, -0.05) is 32.9 Å². The number of carboxylic acid groups (broad SMARTS) is 1. The van der Waals surface area contributed by atoms with Crippen molar-refractivity contribution >= 4 is 23.7 Å². The number of carbonyl (C=O) groups is 4. The zero-order valence-electron chi connectivity index (χ0n) is 19.2. The predicted molar refractivity (Wildman–Crippen MR) is 115 cm³/mol. The fourth-order valence-electron chi connectivity index (χ4n) is 3.33. The van der Waals surface area contributed by atoms with E-state index in [2.05, 4.69) is 16.1 Å². The minimum atomic E-state index is -1.03. The van der Waals surface area contributed by atoms with Crippen molar-refractivity contribution in [2.45, 2.75) is 71.7 Å². The summed E-state index contributed by atoms with van der Waals surface area (Å²) in [5, 5.41) is 15.8. The van der Waals surface area contributed by atoms with Crippen molar-refractivity contribution in [3.8, 4) is 0 Å². The van der Waals surface area contributed by atoms with Crippen molar-refractivity contribution in [3.05, 3.63) is 12.2 Å². The van der Waals surface area contributed by atoms with Gasteiger partial charge in [0.15, 0.2) is 0 Å². The van der Waals surface area contributed by atoms with E-state index in [1.54, 1.807) is 32.9 Å². The molecular formula is C21H36N4O6. The van der Waals surface area contributed by atoms with Crippen LogP contribution < -0.4 is 16.1 Å². The monoisotopic (exact) mass is 440 g/mol. The van der Waals surface area contributed by atoms with Crippen molar-refractivity contribution in [2.75, 3.05) is 13.7 Å². The van der Waals surface area contributed by atoms with Gasteiger partial charge in [-0.15, -0.1) is 0 Å². The van der Waals surface area contributed by atoms with Gasteiger partial charge in [0.05, 0.1) is 12.0 Å². The number of amides is 3. The number of rotatable bonds is 10. The average Bonchev–Trinajstić information content (AvgIpc) is 2.74. The molecule has 0 aromatic carbocycles. The Morgan fingerprint density at radius 2 is 1.77 bits per heavy atom. The molecule has 5 atom stereocenters. The summed E-state index contributed by atoms with van der Waals surface area (Å²) in [7, 11) is 1.51. The predicted octanol–water partition coefficient (Wildman–Crippen LogP) is 0.439. The fourth-order valence-corrected chi connectivity index (χ4v) is 3.33. The van der Waals surface area contributed by atoms with Gasteiger partial charge in [0, 0.05) is 13.7 Å². The van der Waals surface area contributed by atoms with Crippen molar-refractivity contribution < 1.29 is 29.0 Å². The number of carbonyl (C=O) groups excluding carboxylic acids is 3. The van der Waals surface area contributed by atoms with Crippen molar-refractivity contribution in [1.82, 2.24) is 21.1 Å². The van der Waals surface area contributed by atoms with E-state index < -0.39 is 47.9 Å². The molecule has 0 radical (unpaired) electrons. The Labute approximate surface area is 183 Å². The largest absolute Gasteiger partial charge is 0.480 e. The molecule has 1 rings (SSSR count). The van der Waals surface area contributed by atoms with E-state index in [1.807, 2.05) is 6.92 Å². The van der Waals surface area contributed by atoms with Gasteiger partial charge in [-0.2, -0.15) is 0 Å². The van der Waals surface area contributed by atoms with E-state index in [-0.39, 0.29) is 11.8 Å². The highest BCUT2D eigenvalue weighted by Crippen LogP contribution is 2.12. The van der Waals surface area contributed by atoms with Crippen LogP contribution in [0.15, 0.2) is 12.2 Å². The van der Waals surface area contributed by atoms with Crippen LogP contribution in [-0.2, 0) is 23.9 Å². The number of methoxy groups -OCH3 is 1. The Morgan fingerprint density at radius 1 is 1.13 bits per heavy atom. The van der Waals surface area contributed by atoms with Gasteiger partial charge in [-0.25, -0.2) is 5.43 Å². The van der Waals surface area contributed by atoms with Crippen LogP contribution in [0, 0.1) is 11.8 Å². The second-order valence-electron chi connectivity index (χ2n) is 8.13. The fraction of sp³-hybridized carbons (Fsp3) is 0.714. The summed E-state index contributed by atoms with van der Waals surface area (Å²) in [6.07, 6.45) is 4.11. The number of nitrogens with one attached hydrogen (secondary N) is 3. The molecule has 1 heterocycles. The maximum Gasteiger partial charge on any atom is 0.322 e. The second kappa shape index (κ2) is 12.4. The van der Waals surface area contributed by atoms with E-state index in [0.717, 1.165) is 0 Å². The molecule has 4 N–H and O–H groups in total. The van der Waals surface area contributed by atoms with Crippen LogP contribution in [0.2, 0.25) is 0 Å². The summed E-state index contributed by atoms with van der Waals surface area (Å²) < 4.78 is 5.32. The molecule has 3 amide bonds. The lowest BCUT2D eigenvalue weighted by molar-refractivity contribution is -0.148. The summed E-state index contributed by atoms with van der Waals surface area (Å²) >= 11 is 0. The first kappa shape index (κ1) is 26.6. The van der Waals surface area contributed by atoms with Crippen LogP contribution in [0.5, 0.6) is 0 Å². The number of hydrogen-bond acceptors (Lipinski definition) is 6.